The van der Waals surface area contributed by atoms with E-state index in [-0.39, 0.29) is 12.3 Å². The minimum Gasteiger partial charge on any atom is -0.481 e. The van der Waals surface area contributed by atoms with Crippen molar-refractivity contribution >= 4 is 17.6 Å². The van der Waals surface area contributed by atoms with E-state index >= 15 is 0 Å². The Kier molecular flexibility index (Phi) is 3.53. The highest BCUT2D eigenvalue weighted by Crippen LogP contribution is 2.24. The minimum atomic E-state index is -0.771. The lowest BCUT2D eigenvalue weighted by Crippen LogP contribution is -2.04. The monoisotopic (exact) mass is 212 g/mol. The van der Waals surface area contributed by atoms with Gasteiger partial charge in [0.15, 0.2) is 0 Å². The molecule has 1 atom stereocenters. The van der Waals surface area contributed by atoms with Crippen molar-refractivity contribution in [3.05, 3.63) is 34.3 Å². The first-order chi connectivity index (χ1) is 6.50. The lowest BCUT2D eigenvalue weighted by Gasteiger charge is -2.12. The molecule has 14 heavy (non-hydrogen) atoms. The molecule has 0 saturated heterocycles. The van der Waals surface area contributed by atoms with E-state index in [1.807, 2.05) is 26.0 Å². The largest absolute Gasteiger partial charge is 0.481 e. The Labute approximate surface area is 88.5 Å². The fourth-order valence-corrected chi connectivity index (χ4v) is 1.79. The van der Waals surface area contributed by atoms with E-state index in [9.17, 15) is 4.79 Å². The predicted molar refractivity (Wildman–Crippen MR) is 56.9 cm³/mol. The Morgan fingerprint density at radius 3 is 2.71 bits per heavy atom. The van der Waals surface area contributed by atoms with Gasteiger partial charge in [-0.05, 0) is 36.1 Å². The van der Waals surface area contributed by atoms with E-state index in [1.165, 1.54) is 0 Å². The highest BCUT2D eigenvalue weighted by Gasteiger charge is 2.12. The van der Waals surface area contributed by atoms with Gasteiger partial charge in [-0.1, -0.05) is 24.6 Å². The van der Waals surface area contributed by atoms with Gasteiger partial charge in [0.2, 0.25) is 0 Å². The lowest BCUT2D eigenvalue weighted by atomic mass is 9.94. The van der Waals surface area contributed by atoms with Crippen LogP contribution in [0.4, 0.5) is 0 Å². The molecule has 0 aliphatic carbocycles. The first kappa shape index (κ1) is 11.1. The second kappa shape index (κ2) is 4.47. The van der Waals surface area contributed by atoms with Crippen LogP contribution in [0.25, 0.3) is 0 Å². The molecule has 0 spiro atoms. The van der Waals surface area contributed by atoms with Crippen molar-refractivity contribution < 1.29 is 9.90 Å². The Morgan fingerprint density at radius 1 is 1.57 bits per heavy atom. The fraction of sp³-hybridized carbons (Fsp3) is 0.364. The van der Waals surface area contributed by atoms with Crippen molar-refractivity contribution in [2.75, 3.05) is 0 Å². The standard InChI is InChI=1S/C11H13ClO2/c1-7-5-9(12)3-4-10(7)8(2)6-11(13)14/h3-5,8H,6H2,1-2H3,(H,13,14). The third-order valence-electron chi connectivity index (χ3n) is 2.24. The first-order valence-corrected chi connectivity index (χ1v) is 4.86. The number of halogens is 1. The molecule has 0 bridgehead atoms. The van der Waals surface area contributed by atoms with Gasteiger partial charge in [-0.25, -0.2) is 0 Å². The number of carboxylic acids is 1. The van der Waals surface area contributed by atoms with E-state index in [0.29, 0.717) is 5.02 Å². The van der Waals surface area contributed by atoms with Crippen LogP contribution < -0.4 is 0 Å². The molecule has 0 aromatic heterocycles. The summed E-state index contributed by atoms with van der Waals surface area (Å²) in [5.41, 5.74) is 2.10. The molecule has 0 radical (unpaired) electrons. The van der Waals surface area contributed by atoms with Crippen LogP contribution in [0.1, 0.15) is 30.4 Å². The van der Waals surface area contributed by atoms with Crippen LogP contribution in [0.5, 0.6) is 0 Å². The molecule has 0 saturated carbocycles. The van der Waals surface area contributed by atoms with Crippen LogP contribution in [-0.2, 0) is 4.79 Å². The topological polar surface area (TPSA) is 37.3 Å². The molecule has 2 nitrogen and oxygen atoms in total. The van der Waals surface area contributed by atoms with Crippen LogP contribution >= 0.6 is 11.6 Å². The summed E-state index contributed by atoms with van der Waals surface area (Å²) in [6.07, 6.45) is 0.155. The maximum atomic E-state index is 10.5. The first-order valence-electron chi connectivity index (χ1n) is 4.48. The van der Waals surface area contributed by atoms with Gasteiger partial charge in [0, 0.05) is 5.02 Å². The minimum absolute atomic E-state index is 0.0322. The quantitative estimate of drug-likeness (QED) is 0.835. The van der Waals surface area contributed by atoms with Crippen LogP contribution in [-0.4, -0.2) is 11.1 Å². The van der Waals surface area contributed by atoms with Crippen molar-refractivity contribution in [2.45, 2.75) is 26.2 Å². The smallest absolute Gasteiger partial charge is 0.303 e. The summed E-state index contributed by atoms with van der Waals surface area (Å²) < 4.78 is 0. The summed E-state index contributed by atoms with van der Waals surface area (Å²) in [5.74, 6) is -0.739. The summed E-state index contributed by atoms with van der Waals surface area (Å²) in [5, 5.41) is 9.35. The highest BCUT2D eigenvalue weighted by atomic mass is 35.5. The van der Waals surface area contributed by atoms with Crippen LogP contribution in [0.15, 0.2) is 18.2 Å². The summed E-state index contributed by atoms with van der Waals surface area (Å²) in [4.78, 5) is 10.5. The maximum absolute atomic E-state index is 10.5. The van der Waals surface area contributed by atoms with Gasteiger partial charge in [-0.3, -0.25) is 4.79 Å². The van der Waals surface area contributed by atoms with E-state index in [2.05, 4.69) is 0 Å². The normalized spacial score (nSPS) is 12.5. The van der Waals surface area contributed by atoms with E-state index in [0.717, 1.165) is 11.1 Å². The molecule has 1 rings (SSSR count). The third kappa shape index (κ3) is 2.74. The van der Waals surface area contributed by atoms with Gasteiger partial charge < -0.3 is 5.11 Å². The van der Waals surface area contributed by atoms with E-state index in [4.69, 9.17) is 16.7 Å². The van der Waals surface area contributed by atoms with Gasteiger partial charge in [-0.2, -0.15) is 0 Å². The van der Waals surface area contributed by atoms with Crippen molar-refractivity contribution in [3.8, 4) is 0 Å². The summed E-state index contributed by atoms with van der Waals surface area (Å²) in [6, 6.07) is 5.54. The molecule has 3 heteroatoms. The van der Waals surface area contributed by atoms with Gasteiger partial charge in [0.25, 0.3) is 0 Å². The zero-order valence-electron chi connectivity index (χ0n) is 8.25. The van der Waals surface area contributed by atoms with E-state index in [1.54, 1.807) is 6.07 Å². The number of carbonyl (C=O) groups is 1. The molecule has 1 N–H and O–H groups in total. The SMILES string of the molecule is Cc1cc(Cl)ccc1C(C)CC(=O)O. The van der Waals surface area contributed by atoms with Gasteiger partial charge in [0.1, 0.15) is 0 Å². The number of hydrogen-bond donors (Lipinski definition) is 1. The Balaban J connectivity index is 2.90. The Bertz CT molecular complexity index is 347. The molecule has 1 unspecified atom stereocenters. The van der Waals surface area contributed by atoms with Gasteiger partial charge in [0.05, 0.1) is 6.42 Å². The Morgan fingerprint density at radius 2 is 2.21 bits per heavy atom. The summed E-state index contributed by atoms with van der Waals surface area (Å²) >= 11 is 5.81. The maximum Gasteiger partial charge on any atom is 0.303 e. The molecule has 0 aliphatic rings. The summed E-state index contributed by atoms with van der Waals surface area (Å²) in [7, 11) is 0. The number of hydrogen-bond acceptors (Lipinski definition) is 1. The number of rotatable bonds is 3. The number of benzene rings is 1. The molecule has 0 amide bonds. The van der Waals surface area contributed by atoms with Gasteiger partial charge in [-0.15, -0.1) is 0 Å². The molecule has 1 aromatic rings. The Hall–Kier alpha value is -1.02. The average Bonchev–Trinajstić information content (AvgIpc) is 2.01. The van der Waals surface area contributed by atoms with Crippen LogP contribution in [0.3, 0.4) is 0 Å². The van der Waals surface area contributed by atoms with Crippen molar-refractivity contribution in [1.82, 2.24) is 0 Å². The zero-order chi connectivity index (χ0) is 10.7. The van der Waals surface area contributed by atoms with Crippen LogP contribution in [0.2, 0.25) is 5.02 Å². The predicted octanol–water partition coefficient (Wildman–Crippen LogP) is 3.23. The fourth-order valence-electron chi connectivity index (χ4n) is 1.56. The molecular weight excluding hydrogens is 200 g/mol. The average molecular weight is 213 g/mol. The summed E-state index contributed by atoms with van der Waals surface area (Å²) in [6.45, 7) is 3.85. The third-order valence-corrected chi connectivity index (χ3v) is 2.48. The number of carboxylic acid groups (broad SMARTS) is 1. The molecule has 0 aliphatic heterocycles. The number of aliphatic carboxylic acids is 1. The number of aryl methyl sites for hydroxylation is 1. The molecule has 76 valence electrons. The van der Waals surface area contributed by atoms with Crippen molar-refractivity contribution in [3.63, 3.8) is 0 Å². The highest BCUT2D eigenvalue weighted by molar-refractivity contribution is 6.30. The lowest BCUT2D eigenvalue weighted by molar-refractivity contribution is -0.137. The molecular formula is C11H13ClO2. The molecule has 0 fully saturated rings. The molecule has 1 aromatic carbocycles. The van der Waals surface area contributed by atoms with Crippen molar-refractivity contribution in [2.24, 2.45) is 0 Å². The van der Waals surface area contributed by atoms with Gasteiger partial charge >= 0.3 is 5.97 Å². The zero-order valence-corrected chi connectivity index (χ0v) is 9.01. The molecule has 0 heterocycles. The van der Waals surface area contributed by atoms with Crippen LogP contribution in [0, 0.1) is 6.92 Å². The van der Waals surface area contributed by atoms with E-state index < -0.39 is 5.97 Å². The second-order valence-corrected chi connectivity index (χ2v) is 3.94. The van der Waals surface area contributed by atoms with Crippen molar-refractivity contribution in [1.29, 1.82) is 0 Å². The second-order valence-electron chi connectivity index (χ2n) is 3.50.